The molecular formula is C18H22BrN. The van der Waals surface area contributed by atoms with Gasteiger partial charge in [0.2, 0.25) is 0 Å². The van der Waals surface area contributed by atoms with Gasteiger partial charge in [0, 0.05) is 10.2 Å². The zero-order chi connectivity index (χ0) is 14.5. The van der Waals surface area contributed by atoms with Gasteiger partial charge in [0.15, 0.2) is 0 Å². The minimum absolute atomic E-state index is 0.357. The third kappa shape index (κ3) is 3.63. The van der Waals surface area contributed by atoms with Gasteiger partial charge in [0.05, 0.1) is 6.04 Å². The Morgan fingerprint density at radius 3 is 2.30 bits per heavy atom. The van der Waals surface area contributed by atoms with E-state index in [1.807, 2.05) is 0 Å². The molecule has 0 heterocycles. The largest absolute Gasteiger partial charge is 0.378 e. The van der Waals surface area contributed by atoms with Crippen LogP contribution in [-0.4, -0.2) is 0 Å². The van der Waals surface area contributed by atoms with Crippen molar-refractivity contribution in [2.45, 2.75) is 39.7 Å². The van der Waals surface area contributed by atoms with Crippen molar-refractivity contribution in [1.82, 2.24) is 0 Å². The molecule has 0 amide bonds. The third-order valence-electron chi connectivity index (χ3n) is 3.71. The summed E-state index contributed by atoms with van der Waals surface area (Å²) in [6.07, 6.45) is 2.16. The van der Waals surface area contributed by atoms with Crippen LogP contribution in [0, 0.1) is 6.92 Å². The Hall–Kier alpha value is -1.28. The number of benzene rings is 2. The summed E-state index contributed by atoms with van der Waals surface area (Å²) in [7, 11) is 0. The maximum atomic E-state index is 3.62. The van der Waals surface area contributed by atoms with Crippen molar-refractivity contribution in [2.24, 2.45) is 0 Å². The van der Waals surface area contributed by atoms with Crippen LogP contribution in [0.1, 0.15) is 43.0 Å². The molecule has 0 fully saturated rings. The zero-order valence-corrected chi connectivity index (χ0v) is 14.0. The summed E-state index contributed by atoms with van der Waals surface area (Å²) in [5.74, 6) is 0. The van der Waals surface area contributed by atoms with Gasteiger partial charge < -0.3 is 5.32 Å². The van der Waals surface area contributed by atoms with Crippen molar-refractivity contribution in [1.29, 1.82) is 0 Å². The van der Waals surface area contributed by atoms with Crippen molar-refractivity contribution in [3.63, 3.8) is 0 Å². The molecule has 2 heteroatoms. The van der Waals surface area contributed by atoms with Gasteiger partial charge in [-0.25, -0.2) is 0 Å². The lowest BCUT2D eigenvalue weighted by Crippen LogP contribution is -2.09. The Bertz CT molecular complexity index is 560. The van der Waals surface area contributed by atoms with Gasteiger partial charge in [-0.15, -0.1) is 0 Å². The molecule has 2 aromatic rings. The van der Waals surface area contributed by atoms with Gasteiger partial charge in [-0.05, 0) is 48.6 Å². The van der Waals surface area contributed by atoms with Crippen LogP contribution < -0.4 is 5.32 Å². The van der Waals surface area contributed by atoms with Gasteiger partial charge >= 0.3 is 0 Å². The zero-order valence-electron chi connectivity index (χ0n) is 12.4. The van der Waals surface area contributed by atoms with E-state index in [0.717, 1.165) is 23.0 Å². The number of halogens is 1. The van der Waals surface area contributed by atoms with E-state index in [2.05, 4.69) is 84.5 Å². The van der Waals surface area contributed by atoms with Crippen LogP contribution in [0.4, 0.5) is 5.69 Å². The maximum absolute atomic E-state index is 3.62. The predicted molar refractivity (Wildman–Crippen MR) is 91.4 cm³/mol. The Labute approximate surface area is 130 Å². The van der Waals surface area contributed by atoms with Gasteiger partial charge in [-0.1, -0.05) is 60.1 Å². The molecule has 1 N–H and O–H groups in total. The Morgan fingerprint density at radius 1 is 1.05 bits per heavy atom. The van der Waals surface area contributed by atoms with Crippen LogP contribution in [0.15, 0.2) is 46.9 Å². The summed E-state index contributed by atoms with van der Waals surface area (Å²) in [5, 5.41) is 3.62. The van der Waals surface area contributed by atoms with Crippen LogP contribution in [0.25, 0.3) is 0 Å². The molecule has 0 aliphatic heterocycles. The van der Waals surface area contributed by atoms with Gasteiger partial charge in [-0.3, -0.25) is 0 Å². The highest BCUT2D eigenvalue weighted by Crippen LogP contribution is 2.26. The maximum Gasteiger partial charge on any atom is 0.0511 e. The number of anilines is 1. The van der Waals surface area contributed by atoms with E-state index in [0.29, 0.717) is 6.04 Å². The van der Waals surface area contributed by atoms with Crippen LogP contribution in [0.2, 0.25) is 0 Å². The van der Waals surface area contributed by atoms with E-state index in [1.165, 1.54) is 16.7 Å². The van der Waals surface area contributed by atoms with Crippen LogP contribution >= 0.6 is 15.9 Å². The summed E-state index contributed by atoms with van der Waals surface area (Å²) in [5.41, 5.74) is 5.16. The quantitative estimate of drug-likeness (QED) is 0.720. The van der Waals surface area contributed by atoms with Crippen molar-refractivity contribution in [3.05, 3.63) is 63.6 Å². The standard InChI is InChI=1S/C18H22BrN/c1-4-14-7-9-15(10-8-14)18(5-2)20-16-11-6-13(3)17(19)12-16/h6-12,18,20H,4-5H2,1-3H3. The molecule has 0 aliphatic rings. The molecule has 20 heavy (non-hydrogen) atoms. The van der Waals surface area contributed by atoms with Gasteiger partial charge in [0.25, 0.3) is 0 Å². The number of rotatable bonds is 5. The minimum atomic E-state index is 0.357. The lowest BCUT2D eigenvalue weighted by atomic mass is 10.0. The highest BCUT2D eigenvalue weighted by molar-refractivity contribution is 9.10. The summed E-state index contributed by atoms with van der Waals surface area (Å²) < 4.78 is 1.15. The molecule has 1 nitrogen and oxygen atoms in total. The molecule has 2 rings (SSSR count). The number of nitrogens with one attached hydrogen (secondary N) is 1. The molecule has 106 valence electrons. The Morgan fingerprint density at radius 2 is 1.75 bits per heavy atom. The summed E-state index contributed by atoms with van der Waals surface area (Å²) in [4.78, 5) is 0. The normalized spacial score (nSPS) is 12.2. The number of hydrogen-bond donors (Lipinski definition) is 1. The van der Waals surface area contributed by atoms with E-state index in [4.69, 9.17) is 0 Å². The lowest BCUT2D eigenvalue weighted by molar-refractivity contribution is 0.748. The first-order valence-corrected chi connectivity index (χ1v) is 8.04. The fourth-order valence-electron chi connectivity index (χ4n) is 2.29. The Kier molecular flexibility index (Phi) is 5.24. The van der Waals surface area contributed by atoms with E-state index in [-0.39, 0.29) is 0 Å². The summed E-state index contributed by atoms with van der Waals surface area (Å²) >= 11 is 3.59. The average molecular weight is 332 g/mol. The topological polar surface area (TPSA) is 12.0 Å². The van der Waals surface area contributed by atoms with E-state index in [1.54, 1.807) is 0 Å². The molecular weight excluding hydrogens is 310 g/mol. The number of aryl methyl sites for hydroxylation is 2. The molecule has 0 saturated heterocycles. The highest BCUT2D eigenvalue weighted by atomic mass is 79.9. The molecule has 1 atom stereocenters. The number of hydrogen-bond acceptors (Lipinski definition) is 1. The first kappa shape index (κ1) is 15.1. The third-order valence-corrected chi connectivity index (χ3v) is 4.57. The fraction of sp³-hybridized carbons (Fsp3) is 0.333. The monoisotopic (exact) mass is 331 g/mol. The fourth-order valence-corrected chi connectivity index (χ4v) is 2.67. The van der Waals surface area contributed by atoms with E-state index >= 15 is 0 Å². The van der Waals surface area contributed by atoms with Crippen LogP contribution in [0.3, 0.4) is 0 Å². The second-order valence-corrected chi connectivity index (χ2v) is 6.02. The first-order chi connectivity index (χ1) is 9.63. The van der Waals surface area contributed by atoms with Crippen molar-refractivity contribution in [3.8, 4) is 0 Å². The van der Waals surface area contributed by atoms with E-state index < -0.39 is 0 Å². The molecule has 0 aliphatic carbocycles. The molecule has 0 aromatic heterocycles. The summed E-state index contributed by atoms with van der Waals surface area (Å²) in [6.45, 7) is 6.51. The second-order valence-electron chi connectivity index (χ2n) is 5.16. The molecule has 2 aromatic carbocycles. The van der Waals surface area contributed by atoms with Crippen molar-refractivity contribution < 1.29 is 0 Å². The highest BCUT2D eigenvalue weighted by Gasteiger charge is 2.09. The van der Waals surface area contributed by atoms with Crippen LogP contribution in [-0.2, 0) is 6.42 Å². The van der Waals surface area contributed by atoms with Gasteiger partial charge in [0.1, 0.15) is 0 Å². The first-order valence-electron chi connectivity index (χ1n) is 7.25. The minimum Gasteiger partial charge on any atom is -0.378 e. The lowest BCUT2D eigenvalue weighted by Gasteiger charge is -2.19. The SMILES string of the molecule is CCc1ccc(C(CC)Nc2ccc(C)c(Br)c2)cc1. The predicted octanol–water partition coefficient (Wildman–Crippen LogP) is 5.88. The molecule has 1 unspecified atom stereocenters. The summed E-state index contributed by atoms with van der Waals surface area (Å²) in [6, 6.07) is 15.7. The average Bonchev–Trinajstić information content (AvgIpc) is 2.48. The van der Waals surface area contributed by atoms with Crippen LogP contribution in [0.5, 0.6) is 0 Å². The molecule has 0 radical (unpaired) electrons. The smallest absolute Gasteiger partial charge is 0.0511 e. The molecule has 0 saturated carbocycles. The van der Waals surface area contributed by atoms with Crippen molar-refractivity contribution in [2.75, 3.05) is 5.32 Å². The molecule has 0 bridgehead atoms. The van der Waals surface area contributed by atoms with Crippen molar-refractivity contribution >= 4 is 21.6 Å². The molecule has 0 spiro atoms. The van der Waals surface area contributed by atoms with Gasteiger partial charge in [-0.2, -0.15) is 0 Å². The van der Waals surface area contributed by atoms with E-state index in [9.17, 15) is 0 Å². The second kappa shape index (κ2) is 6.94. The Balaban J connectivity index is 2.16.